The highest BCUT2D eigenvalue weighted by atomic mass is 79.9. The molecule has 1 aliphatic heterocycles. The molecule has 2 N–H and O–H groups in total. The standard InChI is InChI=1S/C22H21BrN2O4/c1-5-6-28-20-14(23)7-12(8-16(20)27-4)18-13(11-24)21(25)29-17-10-22(2,3)9-15(26)19(17)18/h1,7-8,18H,6,9-10,25H2,2-4H3/t18-/m0/s1. The summed E-state index contributed by atoms with van der Waals surface area (Å²) in [6.45, 7) is 4.08. The van der Waals surface area contributed by atoms with E-state index >= 15 is 0 Å². The topological polar surface area (TPSA) is 94.6 Å². The zero-order valence-corrected chi connectivity index (χ0v) is 18.1. The molecule has 0 radical (unpaired) electrons. The Morgan fingerprint density at radius 2 is 2.14 bits per heavy atom. The average molecular weight is 457 g/mol. The van der Waals surface area contributed by atoms with E-state index < -0.39 is 5.92 Å². The molecule has 1 aromatic carbocycles. The lowest BCUT2D eigenvalue weighted by molar-refractivity contribution is -0.119. The maximum atomic E-state index is 13.0. The number of rotatable bonds is 4. The third-order valence-electron chi connectivity index (χ3n) is 4.96. The fourth-order valence-corrected chi connectivity index (χ4v) is 4.35. The molecule has 1 aromatic rings. The van der Waals surface area contributed by atoms with Gasteiger partial charge in [-0.2, -0.15) is 5.26 Å². The van der Waals surface area contributed by atoms with Crippen molar-refractivity contribution in [2.24, 2.45) is 11.1 Å². The summed E-state index contributed by atoms with van der Waals surface area (Å²) < 4.78 is 17.3. The number of hydrogen-bond acceptors (Lipinski definition) is 6. The predicted molar refractivity (Wildman–Crippen MR) is 111 cm³/mol. The quantitative estimate of drug-likeness (QED) is 0.689. The first-order valence-corrected chi connectivity index (χ1v) is 9.79. The minimum Gasteiger partial charge on any atom is -0.493 e. The largest absolute Gasteiger partial charge is 0.493 e. The van der Waals surface area contributed by atoms with Gasteiger partial charge in [0, 0.05) is 18.4 Å². The van der Waals surface area contributed by atoms with Gasteiger partial charge in [0.05, 0.1) is 17.5 Å². The summed E-state index contributed by atoms with van der Waals surface area (Å²) in [5.41, 5.74) is 7.16. The Bertz CT molecular complexity index is 1020. The van der Waals surface area contributed by atoms with Gasteiger partial charge in [-0.3, -0.25) is 4.79 Å². The van der Waals surface area contributed by atoms with Crippen LogP contribution in [0, 0.1) is 29.1 Å². The van der Waals surface area contributed by atoms with Crippen molar-refractivity contribution in [3.8, 4) is 29.9 Å². The SMILES string of the molecule is C#CCOc1c(Br)cc([C@H]2C(C#N)=C(N)OC3=C2C(=O)CC(C)(C)C3)cc1OC. The van der Waals surface area contributed by atoms with Crippen LogP contribution in [-0.4, -0.2) is 19.5 Å². The molecule has 0 fully saturated rings. The van der Waals surface area contributed by atoms with Crippen LogP contribution in [0.3, 0.4) is 0 Å². The van der Waals surface area contributed by atoms with Gasteiger partial charge in [0.15, 0.2) is 17.3 Å². The van der Waals surface area contributed by atoms with Gasteiger partial charge in [0.2, 0.25) is 5.88 Å². The molecule has 1 atom stereocenters. The minimum atomic E-state index is -0.640. The molecular formula is C22H21BrN2O4. The van der Waals surface area contributed by atoms with Crippen LogP contribution in [0.1, 0.15) is 38.2 Å². The van der Waals surface area contributed by atoms with E-state index in [1.807, 2.05) is 13.8 Å². The molecule has 3 rings (SSSR count). The maximum absolute atomic E-state index is 13.0. The maximum Gasteiger partial charge on any atom is 0.205 e. The van der Waals surface area contributed by atoms with Crippen molar-refractivity contribution in [2.45, 2.75) is 32.6 Å². The molecule has 1 heterocycles. The molecule has 29 heavy (non-hydrogen) atoms. The Labute approximate surface area is 178 Å². The molecule has 0 bridgehead atoms. The van der Waals surface area contributed by atoms with E-state index in [1.165, 1.54) is 7.11 Å². The van der Waals surface area contributed by atoms with E-state index in [9.17, 15) is 10.1 Å². The van der Waals surface area contributed by atoms with Gasteiger partial charge >= 0.3 is 0 Å². The number of nitriles is 1. The molecule has 0 spiro atoms. The molecule has 0 unspecified atom stereocenters. The van der Waals surface area contributed by atoms with E-state index in [0.29, 0.717) is 45.7 Å². The lowest BCUT2D eigenvalue weighted by Gasteiger charge is -2.37. The van der Waals surface area contributed by atoms with Crippen LogP contribution in [-0.2, 0) is 9.53 Å². The number of carbonyl (C=O) groups excluding carboxylic acids is 1. The number of methoxy groups -OCH3 is 1. The zero-order chi connectivity index (χ0) is 21.3. The molecule has 6 nitrogen and oxygen atoms in total. The lowest BCUT2D eigenvalue weighted by Crippen LogP contribution is -2.33. The Balaban J connectivity index is 2.19. The van der Waals surface area contributed by atoms with E-state index in [2.05, 4.69) is 27.9 Å². The Morgan fingerprint density at radius 3 is 2.76 bits per heavy atom. The van der Waals surface area contributed by atoms with Gasteiger partial charge in [-0.05, 0) is 39.0 Å². The summed E-state index contributed by atoms with van der Waals surface area (Å²) in [5.74, 6) is 3.14. The van der Waals surface area contributed by atoms with Crippen molar-refractivity contribution in [3.63, 3.8) is 0 Å². The van der Waals surface area contributed by atoms with Crippen LogP contribution in [0.2, 0.25) is 0 Å². The summed E-state index contributed by atoms with van der Waals surface area (Å²) >= 11 is 3.48. The summed E-state index contributed by atoms with van der Waals surface area (Å²) in [6, 6.07) is 5.63. The van der Waals surface area contributed by atoms with Gasteiger partial charge in [-0.15, -0.1) is 6.42 Å². The summed E-state index contributed by atoms with van der Waals surface area (Å²) in [4.78, 5) is 13.0. The fraction of sp³-hybridized carbons (Fsp3) is 0.364. The highest BCUT2D eigenvalue weighted by Gasteiger charge is 2.43. The van der Waals surface area contributed by atoms with Crippen LogP contribution in [0.15, 0.2) is 39.4 Å². The number of halogens is 1. The third-order valence-corrected chi connectivity index (χ3v) is 5.55. The average Bonchev–Trinajstić information content (AvgIpc) is 2.64. The number of hydrogen-bond donors (Lipinski definition) is 1. The summed E-state index contributed by atoms with van der Waals surface area (Å²) in [6.07, 6.45) is 6.21. The molecule has 1 aliphatic carbocycles. The van der Waals surface area contributed by atoms with Crippen LogP contribution < -0.4 is 15.2 Å². The number of ketones is 1. The second-order valence-electron chi connectivity index (χ2n) is 7.73. The third kappa shape index (κ3) is 3.83. The number of terminal acetylenes is 1. The monoisotopic (exact) mass is 456 g/mol. The van der Waals surface area contributed by atoms with Crippen molar-refractivity contribution in [1.82, 2.24) is 0 Å². The van der Waals surface area contributed by atoms with Crippen LogP contribution in [0.4, 0.5) is 0 Å². The Kier molecular flexibility index (Phi) is 5.64. The van der Waals surface area contributed by atoms with Crippen LogP contribution in [0.25, 0.3) is 0 Å². The van der Waals surface area contributed by atoms with E-state index in [0.717, 1.165) is 0 Å². The highest BCUT2D eigenvalue weighted by Crippen LogP contribution is 2.49. The molecular weight excluding hydrogens is 436 g/mol. The van der Waals surface area contributed by atoms with Gasteiger partial charge in [0.25, 0.3) is 0 Å². The number of ether oxygens (including phenoxy) is 3. The van der Waals surface area contributed by atoms with Gasteiger partial charge in [-0.25, -0.2) is 0 Å². The number of Topliss-reactive ketones (excluding diaryl/α,β-unsaturated/α-hetero) is 1. The Hall–Kier alpha value is -2.90. The van der Waals surface area contributed by atoms with Gasteiger partial charge in [-0.1, -0.05) is 19.8 Å². The smallest absolute Gasteiger partial charge is 0.205 e. The zero-order valence-electron chi connectivity index (χ0n) is 16.5. The summed E-state index contributed by atoms with van der Waals surface area (Å²) in [5, 5.41) is 9.75. The number of allylic oxidation sites excluding steroid dienone is 3. The van der Waals surface area contributed by atoms with Crippen LogP contribution in [0.5, 0.6) is 11.5 Å². The Morgan fingerprint density at radius 1 is 1.41 bits per heavy atom. The second kappa shape index (κ2) is 7.85. The highest BCUT2D eigenvalue weighted by molar-refractivity contribution is 9.10. The van der Waals surface area contributed by atoms with Crippen LogP contribution >= 0.6 is 15.9 Å². The van der Waals surface area contributed by atoms with Crippen molar-refractivity contribution in [3.05, 3.63) is 45.0 Å². The first-order chi connectivity index (χ1) is 13.7. The summed E-state index contributed by atoms with van der Waals surface area (Å²) in [7, 11) is 1.51. The molecule has 7 heteroatoms. The normalized spacial score (nSPS) is 20.3. The molecule has 2 aliphatic rings. The van der Waals surface area contributed by atoms with Gasteiger partial charge < -0.3 is 19.9 Å². The molecule has 150 valence electrons. The van der Waals surface area contributed by atoms with Crippen molar-refractivity contribution in [2.75, 3.05) is 13.7 Å². The number of carbonyl (C=O) groups is 1. The minimum absolute atomic E-state index is 0.0181. The first-order valence-electron chi connectivity index (χ1n) is 9.00. The second-order valence-corrected chi connectivity index (χ2v) is 8.58. The number of nitrogens with two attached hydrogens (primary N) is 1. The predicted octanol–water partition coefficient (Wildman–Crippen LogP) is 3.92. The van der Waals surface area contributed by atoms with E-state index in [-0.39, 0.29) is 29.3 Å². The molecule has 0 saturated heterocycles. The van der Waals surface area contributed by atoms with E-state index in [4.69, 9.17) is 26.4 Å². The molecule has 0 amide bonds. The lowest BCUT2D eigenvalue weighted by atomic mass is 9.70. The van der Waals surface area contributed by atoms with Crippen molar-refractivity contribution >= 4 is 21.7 Å². The van der Waals surface area contributed by atoms with Gasteiger partial charge in [0.1, 0.15) is 24.0 Å². The molecule has 0 aromatic heterocycles. The van der Waals surface area contributed by atoms with Crippen molar-refractivity contribution < 1.29 is 19.0 Å². The fourth-order valence-electron chi connectivity index (χ4n) is 3.78. The first kappa shape index (κ1) is 20.8. The number of benzene rings is 1. The molecule has 0 saturated carbocycles. The van der Waals surface area contributed by atoms with E-state index in [1.54, 1.807) is 12.1 Å². The van der Waals surface area contributed by atoms with Crippen molar-refractivity contribution in [1.29, 1.82) is 5.26 Å². The number of nitrogens with zero attached hydrogens (tertiary/aromatic N) is 1.